The molecule has 0 heterocycles. The first-order valence-corrected chi connectivity index (χ1v) is 7.31. The molecule has 3 heteroatoms. The Morgan fingerprint density at radius 1 is 1.29 bits per heavy atom. The van der Waals surface area contributed by atoms with E-state index in [1.165, 1.54) is 32.4 Å². The molecular weight excluding hydrogens is 212 g/mol. The van der Waals surface area contributed by atoms with Crippen LogP contribution in [0.15, 0.2) is 0 Å². The normalized spacial score (nSPS) is 19.6. The van der Waals surface area contributed by atoms with E-state index < -0.39 is 0 Å². The third kappa shape index (κ3) is 4.57. The van der Waals surface area contributed by atoms with Gasteiger partial charge in [0.05, 0.1) is 6.61 Å². The average molecular weight is 242 g/mol. The zero-order valence-corrected chi connectivity index (χ0v) is 11.8. The third-order valence-electron chi connectivity index (χ3n) is 4.10. The van der Waals surface area contributed by atoms with Crippen LogP contribution in [0.2, 0.25) is 0 Å². The van der Waals surface area contributed by atoms with Crippen LogP contribution < -0.4 is 5.32 Å². The molecule has 0 aliphatic heterocycles. The van der Waals surface area contributed by atoms with Crippen molar-refractivity contribution >= 4 is 0 Å². The van der Waals surface area contributed by atoms with Gasteiger partial charge in [0.25, 0.3) is 0 Å². The number of nitrogens with zero attached hydrogens (tertiary/aromatic N) is 1. The van der Waals surface area contributed by atoms with Crippen molar-refractivity contribution in [3.05, 3.63) is 0 Å². The second-order valence-corrected chi connectivity index (χ2v) is 5.29. The highest BCUT2D eigenvalue weighted by Gasteiger charge is 2.29. The van der Waals surface area contributed by atoms with Crippen LogP contribution in [0.25, 0.3) is 0 Å². The lowest BCUT2D eigenvalue weighted by molar-refractivity contribution is 0.139. The minimum atomic E-state index is -0.0439. The van der Waals surface area contributed by atoms with Gasteiger partial charge in [0.1, 0.15) is 0 Å². The van der Waals surface area contributed by atoms with E-state index in [0.29, 0.717) is 0 Å². The van der Waals surface area contributed by atoms with Crippen molar-refractivity contribution in [2.75, 3.05) is 26.2 Å². The van der Waals surface area contributed by atoms with Crippen LogP contribution in [0.3, 0.4) is 0 Å². The van der Waals surface area contributed by atoms with Crippen LogP contribution >= 0.6 is 0 Å². The van der Waals surface area contributed by atoms with Crippen molar-refractivity contribution in [2.24, 2.45) is 0 Å². The fraction of sp³-hybridized carbons (Fsp3) is 1.00. The van der Waals surface area contributed by atoms with Crippen molar-refractivity contribution in [2.45, 2.75) is 64.5 Å². The Balaban J connectivity index is 2.30. The van der Waals surface area contributed by atoms with Gasteiger partial charge in [0.2, 0.25) is 0 Å². The molecule has 0 amide bonds. The Labute approximate surface area is 107 Å². The predicted molar refractivity (Wildman–Crippen MR) is 73.3 cm³/mol. The van der Waals surface area contributed by atoms with Crippen molar-refractivity contribution in [1.82, 2.24) is 10.2 Å². The number of hydrogen-bond donors (Lipinski definition) is 2. The number of likely N-dealkylation sites (N-methyl/N-ethyl adjacent to an activating group) is 1. The average Bonchev–Trinajstić information content (AvgIpc) is 3.17. The molecule has 102 valence electrons. The topological polar surface area (TPSA) is 35.5 Å². The van der Waals surface area contributed by atoms with Gasteiger partial charge in [-0.1, -0.05) is 20.8 Å². The smallest absolute Gasteiger partial charge is 0.0613 e. The van der Waals surface area contributed by atoms with Crippen LogP contribution in [0, 0.1) is 0 Å². The van der Waals surface area contributed by atoms with Gasteiger partial charge in [-0.25, -0.2) is 0 Å². The van der Waals surface area contributed by atoms with Crippen LogP contribution in [0.1, 0.15) is 52.9 Å². The summed E-state index contributed by atoms with van der Waals surface area (Å²) in [6.45, 7) is 10.1. The number of aliphatic hydroxyl groups excluding tert-OH is 1. The Morgan fingerprint density at radius 2 is 2.00 bits per heavy atom. The number of hydrogen-bond acceptors (Lipinski definition) is 3. The maximum absolute atomic E-state index is 9.58. The summed E-state index contributed by atoms with van der Waals surface area (Å²) in [7, 11) is 0. The van der Waals surface area contributed by atoms with Crippen molar-refractivity contribution in [3.63, 3.8) is 0 Å². The Kier molecular flexibility index (Phi) is 6.45. The van der Waals surface area contributed by atoms with Gasteiger partial charge in [-0.3, -0.25) is 0 Å². The molecule has 1 atom stereocenters. The largest absolute Gasteiger partial charge is 0.394 e. The molecule has 0 bridgehead atoms. The maximum Gasteiger partial charge on any atom is 0.0613 e. The highest BCUT2D eigenvalue weighted by atomic mass is 16.3. The summed E-state index contributed by atoms with van der Waals surface area (Å²) < 4.78 is 0. The summed E-state index contributed by atoms with van der Waals surface area (Å²) in [5.74, 6) is 0. The van der Waals surface area contributed by atoms with E-state index in [2.05, 4.69) is 31.0 Å². The fourth-order valence-electron chi connectivity index (χ4n) is 2.67. The molecule has 0 aromatic rings. The second-order valence-electron chi connectivity index (χ2n) is 5.29. The highest BCUT2D eigenvalue weighted by molar-refractivity contribution is 4.88. The lowest BCUT2D eigenvalue weighted by Gasteiger charge is -2.32. The fourth-order valence-corrected chi connectivity index (χ4v) is 2.67. The van der Waals surface area contributed by atoms with Gasteiger partial charge in [0, 0.05) is 11.6 Å². The lowest BCUT2D eigenvalue weighted by Crippen LogP contribution is -2.48. The molecule has 1 saturated carbocycles. The molecule has 17 heavy (non-hydrogen) atoms. The number of aliphatic hydroxyl groups is 1. The van der Waals surface area contributed by atoms with Crippen LogP contribution in [-0.2, 0) is 0 Å². The van der Waals surface area contributed by atoms with E-state index in [-0.39, 0.29) is 12.1 Å². The van der Waals surface area contributed by atoms with Crippen LogP contribution in [0.5, 0.6) is 0 Å². The minimum absolute atomic E-state index is 0.0439. The molecule has 1 aliphatic rings. The summed E-state index contributed by atoms with van der Waals surface area (Å²) in [6.07, 6.45) is 6.05. The molecule has 1 unspecified atom stereocenters. The van der Waals surface area contributed by atoms with E-state index in [1.807, 2.05) is 0 Å². The van der Waals surface area contributed by atoms with Gasteiger partial charge in [0.15, 0.2) is 0 Å². The lowest BCUT2D eigenvalue weighted by atomic mass is 9.91. The molecule has 1 rings (SSSR count). The van der Waals surface area contributed by atoms with Crippen molar-refractivity contribution in [1.29, 1.82) is 0 Å². The summed E-state index contributed by atoms with van der Waals surface area (Å²) in [5.41, 5.74) is -0.0439. The minimum Gasteiger partial charge on any atom is -0.394 e. The third-order valence-corrected chi connectivity index (χ3v) is 4.10. The number of rotatable bonds is 10. The predicted octanol–water partition coefficient (Wildman–Crippen LogP) is 2.00. The molecule has 1 aliphatic carbocycles. The van der Waals surface area contributed by atoms with Gasteiger partial charge < -0.3 is 15.3 Å². The molecule has 2 N–H and O–H groups in total. The highest BCUT2D eigenvalue weighted by Crippen LogP contribution is 2.27. The standard InChI is InChI=1S/C14H30N2O/c1-4-14(12-17,15-5-2)10-7-11-16(6-3)13-8-9-13/h13,15,17H,4-12H2,1-3H3. The van der Waals surface area contributed by atoms with Crippen LogP contribution in [0.4, 0.5) is 0 Å². The molecule has 0 saturated heterocycles. The first-order chi connectivity index (χ1) is 8.21. The first-order valence-electron chi connectivity index (χ1n) is 7.31. The molecule has 0 aromatic heterocycles. The number of nitrogens with one attached hydrogen (secondary N) is 1. The summed E-state index contributed by atoms with van der Waals surface area (Å²) in [5, 5.41) is 13.0. The zero-order valence-electron chi connectivity index (χ0n) is 11.8. The zero-order chi connectivity index (χ0) is 12.7. The first kappa shape index (κ1) is 14.9. The van der Waals surface area contributed by atoms with Crippen molar-refractivity contribution in [3.8, 4) is 0 Å². The van der Waals surface area contributed by atoms with E-state index >= 15 is 0 Å². The monoisotopic (exact) mass is 242 g/mol. The van der Waals surface area contributed by atoms with Gasteiger partial charge in [-0.15, -0.1) is 0 Å². The molecule has 0 radical (unpaired) electrons. The summed E-state index contributed by atoms with van der Waals surface area (Å²) in [4.78, 5) is 2.59. The summed E-state index contributed by atoms with van der Waals surface area (Å²) >= 11 is 0. The Morgan fingerprint density at radius 3 is 2.41 bits per heavy atom. The molecular formula is C14H30N2O. The summed E-state index contributed by atoms with van der Waals surface area (Å²) in [6, 6.07) is 0.865. The molecule has 3 nitrogen and oxygen atoms in total. The van der Waals surface area contributed by atoms with Crippen LogP contribution in [-0.4, -0.2) is 47.8 Å². The van der Waals surface area contributed by atoms with Crippen molar-refractivity contribution < 1.29 is 5.11 Å². The molecule has 0 aromatic carbocycles. The maximum atomic E-state index is 9.58. The molecule has 1 fully saturated rings. The van der Waals surface area contributed by atoms with Gasteiger partial charge >= 0.3 is 0 Å². The van der Waals surface area contributed by atoms with Gasteiger partial charge in [-0.05, 0) is 51.7 Å². The van der Waals surface area contributed by atoms with E-state index in [1.54, 1.807) is 0 Å². The van der Waals surface area contributed by atoms with E-state index in [9.17, 15) is 5.11 Å². The Bertz CT molecular complexity index is 200. The van der Waals surface area contributed by atoms with E-state index in [0.717, 1.165) is 25.4 Å². The van der Waals surface area contributed by atoms with E-state index in [4.69, 9.17) is 0 Å². The second kappa shape index (κ2) is 7.34. The van der Waals surface area contributed by atoms with Gasteiger partial charge in [-0.2, -0.15) is 0 Å². The SMILES string of the molecule is CCNC(CC)(CO)CCCN(CC)C1CC1. The molecule has 0 spiro atoms. The Hall–Kier alpha value is -0.120. The quantitative estimate of drug-likeness (QED) is 0.615.